The van der Waals surface area contributed by atoms with E-state index in [1.165, 1.54) is 30.5 Å². The maximum atomic E-state index is 14.0. The summed E-state index contributed by atoms with van der Waals surface area (Å²) >= 11 is 1.44. The molecule has 10 heteroatoms. The number of carbonyl (C=O) groups is 1. The summed E-state index contributed by atoms with van der Waals surface area (Å²) in [6, 6.07) is 8.49. The molecule has 3 aromatic rings. The molecule has 27 heavy (non-hydrogen) atoms. The number of rotatable bonds is 4. The van der Waals surface area contributed by atoms with Gasteiger partial charge in [0.05, 0.1) is 6.54 Å². The summed E-state index contributed by atoms with van der Waals surface area (Å²) in [6.07, 6.45) is -4.95. The van der Waals surface area contributed by atoms with Gasteiger partial charge in [-0.25, -0.2) is 9.07 Å². The molecule has 0 unspecified atom stereocenters. The van der Waals surface area contributed by atoms with E-state index in [1.807, 2.05) is 13.0 Å². The van der Waals surface area contributed by atoms with Gasteiger partial charge in [0.1, 0.15) is 11.5 Å². The van der Waals surface area contributed by atoms with E-state index in [0.29, 0.717) is 4.68 Å². The molecule has 0 saturated carbocycles. The van der Waals surface area contributed by atoms with Gasteiger partial charge in [0, 0.05) is 16.8 Å². The van der Waals surface area contributed by atoms with Gasteiger partial charge < -0.3 is 4.90 Å². The van der Waals surface area contributed by atoms with Crippen LogP contribution in [0.25, 0.3) is 5.69 Å². The summed E-state index contributed by atoms with van der Waals surface area (Å²) in [5.74, 6) is -1.86. The van der Waals surface area contributed by atoms with E-state index in [9.17, 15) is 22.4 Å². The zero-order valence-electron chi connectivity index (χ0n) is 14.3. The first-order valence-corrected chi connectivity index (χ1v) is 8.58. The molecule has 0 bridgehead atoms. The van der Waals surface area contributed by atoms with Crippen LogP contribution in [0.4, 0.5) is 17.6 Å². The third-order valence-corrected chi connectivity index (χ3v) is 4.74. The van der Waals surface area contributed by atoms with E-state index in [4.69, 9.17) is 0 Å². The molecule has 3 rings (SSSR count). The predicted octanol–water partition coefficient (Wildman–Crippen LogP) is 4.07. The average molecular weight is 398 g/mol. The van der Waals surface area contributed by atoms with Gasteiger partial charge in [-0.15, -0.1) is 16.4 Å². The summed E-state index contributed by atoms with van der Waals surface area (Å²) in [5.41, 5.74) is -2.72. The lowest BCUT2D eigenvalue weighted by atomic mass is 10.2. The number of thiophene rings is 1. The molecule has 0 N–H and O–H groups in total. The molecule has 0 aliphatic heterocycles. The molecule has 1 aromatic carbocycles. The van der Waals surface area contributed by atoms with Gasteiger partial charge in [-0.1, -0.05) is 17.3 Å². The number of para-hydroxylation sites is 1. The van der Waals surface area contributed by atoms with Crippen molar-refractivity contribution in [2.24, 2.45) is 0 Å². The quantitative estimate of drug-likeness (QED) is 0.623. The number of nitrogens with zero attached hydrogens (tertiary/aromatic N) is 4. The number of halogens is 4. The molecule has 5 nitrogen and oxygen atoms in total. The van der Waals surface area contributed by atoms with Crippen molar-refractivity contribution in [3.8, 4) is 5.69 Å². The molecule has 1 amide bonds. The van der Waals surface area contributed by atoms with Crippen LogP contribution in [-0.4, -0.2) is 32.8 Å². The second-order valence-corrected chi connectivity index (χ2v) is 7.19. The van der Waals surface area contributed by atoms with Crippen LogP contribution in [0.1, 0.15) is 25.9 Å². The van der Waals surface area contributed by atoms with E-state index >= 15 is 0 Å². The summed E-state index contributed by atoms with van der Waals surface area (Å²) in [4.78, 5) is 15.5. The number of carbonyl (C=O) groups excluding carboxylic acids is 1. The zero-order chi connectivity index (χ0) is 19.8. The summed E-state index contributed by atoms with van der Waals surface area (Å²) in [6.45, 7) is 2.01. The minimum atomic E-state index is -4.95. The van der Waals surface area contributed by atoms with Crippen molar-refractivity contribution in [1.29, 1.82) is 0 Å². The molecule has 0 aliphatic carbocycles. The van der Waals surface area contributed by atoms with Gasteiger partial charge in [0.25, 0.3) is 5.91 Å². The average Bonchev–Trinajstić information content (AvgIpc) is 3.20. The summed E-state index contributed by atoms with van der Waals surface area (Å²) in [5, 5.41) is 6.80. The Morgan fingerprint density at radius 2 is 1.93 bits per heavy atom. The van der Waals surface area contributed by atoms with Gasteiger partial charge in [-0.3, -0.25) is 4.79 Å². The highest BCUT2D eigenvalue weighted by Crippen LogP contribution is 2.33. The molecule has 0 radical (unpaired) electrons. The largest absolute Gasteiger partial charge is 0.435 e. The lowest BCUT2D eigenvalue weighted by Gasteiger charge is -2.17. The van der Waals surface area contributed by atoms with E-state index in [-0.39, 0.29) is 6.54 Å². The fraction of sp³-hybridized carbons (Fsp3) is 0.235. The molecule has 0 atom stereocenters. The maximum Gasteiger partial charge on any atom is 0.435 e. The number of hydrogen-bond donors (Lipinski definition) is 0. The molecule has 2 heterocycles. The Morgan fingerprint density at radius 1 is 1.22 bits per heavy atom. The van der Waals surface area contributed by atoms with Crippen LogP contribution in [0.5, 0.6) is 0 Å². The smallest absolute Gasteiger partial charge is 0.335 e. The Hall–Kier alpha value is -2.75. The highest BCUT2D eigenvalue weighted by Gasteiger charge is 2.43. The number of aromatic nitrogens is 3. The SMILES string of the molecule is Cc1ccc(CN(C)C(=O)c2nnn(-c3ccccc3F)c2C(F)(F)F)s1. The van der Waals surface area contributed by atoms with Gasteiger partial charge in [0.15, 0.2) is 11.4 Å². The number of amides is 1. The second-order valence-electron chi connectivity index (χ2n) is 5.82. The first-order valence-electron chi connectivity index (χ1n) is 7.77. The number of alkyl halides is 3. The Kier molecular flexibility index (Phi) is 5.01. The topological polar surface area (TPSA) is 51.0 Å². The van der Waals surface area contributed by atoms with Crippen molar-refractivity contribution in [3.63, 3.8) is 0 Å². The Morgan fingerprint density at radius 3 is 2.52 bits per heavy atom. The van der Waals surface area contributed by atoms with Crippen molar-refractivity contribution >= 4 is 17.2 Å². The normalized spacial score (nSPS) is 11.6. The van der Waals surface area contributed by atoms with Crippen molar-refractivity contribution in [2.45, 2.75) is 19.6 Å². The molecular formula is C17H14F4N4OS. The van der Waals surface area contributed by atoms with Crippen LogP contribution in [0.2, 0.25) is 0 Å². The Labute approximate surface area is 155 Å². The lowest BCUT2D eigenvalue weighted by Crippen LogP contribution is -2.29. The highest BCUT2D eigenvalue weighted by molar-refractivity contribution is 7.11. The lowest BCUT2D eigenvalue weighted by molar-refractivity contribution is -0.143. The van der Waals surface area contributed by atoms with Gasteiger partial charge in [0.2, 0.25) is 0 Å². The fourth-order valence-electron chi connectivity index (χ4n) is 2.53. The predicted molar refractivity (Wildman–Crippen MR) is 91.2 cm³/mol. The van der Waals surface area contributed by atoms with Crippen molar-refractivity contribution in [3.05, 3.63) is 63.4 Å². The molecule has 0 aliphatic rings. The fourth-order valence-corrected chi connectivity index (χ4v) is 3.47. The van der Waals surface area contributed by atoms with Crippen molar-refractivity contribution < 1.29 is 22.4 Å². The minimum Gasteiger partial charge on any atom is -0.335 e. The first kappa shape index (κ1) is 19.0. The third kappa shape index (κ3) is 3.85. The Bertz CT molecular complexity index is 979. The Balaban J connectivity index is 2.00. The maximum absolute atomic E-state index is 14.0. The van der Waals surface area contributed by atoms with Gasteiger partial charge >= 0.3 is 6.18 Å². The van der Waals surface area contributed by atoms with E-state index in [0.717, 1.165) is 26.8 Å². The molecule has 0 fully saturated rings. The minimum absolute atomic E-state index is 0.126. The second kappa shape index (κ2) is 7.10. The van der Waals surface area contributed by atoms with Crippen LogP contribution in [0, 0.1) is 12.7 Å². The monoisotopic (exact) mass is 398 g/mol. The van der Waals surface area contributed by atoms with E-state index in [1.54, 1.807) is 6.07 Å². The number of hydrogen-bond acceptors (Lipinski definition) is 4. The summed E-state index contributed by atoms with van der Waals surface area (Å²) in [7, 11) is 1.37. The molecule has 142 valence electrons. The molecular weight excluding hydrogens is 384 g/mol. The van der Waals surface area contributed by atoms with Gasteiger partial charge in [-0.05, 0) is 31.2 Å². The van der Waals surface area contributed by atoms with Crippen LogP contribution in [0.15, 0.2) is 36.4 Å². The van der Waals surface area contributed by atoms with Crippen molar-refractivity contribution in [2.75, 3.05) is 7.05 Å². The molecule has 0 spiro atoms. The van der Waals surface area contributed by atoms with E-state index in [2.05, 4.69) is 10.3 Å². The van der Waals surface area contributed by atoms with Crippen LogP contribution in [-0.2, 0) is 12.7 Å². The number of benzene rings is 1. The van der Waals surface area contributed by atoms with Crippen molar-refractivity contribution in [1.82, 2.24) is 19.9 Å². The van der Waals surface area contributed by atoms with Crippen LogP contribution >= 0.6 is 11.3 Å². The van der Waals surface area contributed by atoms with Crippen LogP contribution < -0.4 is 0 Å². The van der Waals surface area contributed by atoms with Gasteiger partial charge in [-0.2, -0.15) is 13.2 Å². The third-order valence-electron chi connectivity index (χ3n) is 3.76. The standard InChI is InChI=1S/C17H14F4N4OS/c1-10-7-8-11(27-10)9-24(2)16(26)14-15(17(19,20)21)25(23-22-14)13-6-4-3-5-12(13)18/h3-8H,9H2,1-2H3. The highest BCUT2D eigenvalue weighted by atomic mass is 32.1. The number of aryl methyl sites for hydroxylation is 1. The molecule has 0 saturated heterocycles. The van der Waals surface area contributed by atoms with Crippen LogP contribution in [0.3, 0.4) is 0 Å². The first-order chi connectivity index (χ1) is 12.7. The summed E-state index contributed by atoms with van der Waals surface area (Å²) < 4.78 is 55.1. The molecule has 2 aromatic heterocycles. The van der Waals surface area contributed by atoms with E-state index < -0.39 is 35.0 Å². The zero-order valence-corrected chi connectivity index (χ0v) is 15.1.